The predicted octanol–water partition coefficient (Wildman–Crippen LogP) is 8.88. The molecule has 5 heteroatoms. The van der Waals surface area contributed by atoms with Crippen molar-refractivity contribution < 1.29 is 0 Å². The van der Waals surface area contributed by atoms with Gasteiger partial charge in [-0.3, -0.25) is 0 Å². The summed E-state index contributed by atoms with van der Waals surface area (Å²) < 4.78 is 1.22. The Bertz CT molecular complexity index is 1020. The first-order chi connectivity index (χ1) is 17.1. The zero-order chi connectivity index (χ0) is 25.1. The Morgan fingerprint density at radius 1 is 0.600 bits per heavy atom. The molecule has 0 fully saturated rings. The van der Waals surface area contributed by atoms with E-state index in [0.29, 0.717) is 0 Å². The SMILES string of the molecule is BrCCCc1ccccc1.Nc1ccc(I)cc1.Nc1ccc(SCCCc2ccccc2)cc1. The number of anilines is 2. The molecular weight excluding hydrogens is 627 g/mol. The summed E-state index contributed by atoms with van der Waals surface area (Å²) in [5.74, 6) is 1.15. The van der Waals surface area contributed by atoms with Crippen LogP contribution in [0.15, 0.2) is 114 Å². The van der Waals surface area contributed by atoms with E-state index in [-0.39, 0.29) is 0 Å². The lowest BCUT2D eigenvalue weighted by molar-refractivity contribution is 0.933. The molecule has 0 spiro atoms. The van der Waals surface area contributed by atoms with Crippen molar-refractivity contribution in [1.29, 1.82) is 0 Å². The standard InChI is InChI=1S/C15H17NS.C9H11Br.C6H6IN/c16-14-8-10-15(11-9-14)17-12-4-7-13-5-2-1-3-6-13;10-8-4-7-9-5-2-1-3-6-9;7-5-1-3-6(8)4-2-5/h1-3,5-6,8-11H,4,7,12,16H2;1-3,5-6H,4,7-8H2;1-4H,8H2. The van der Waals surface area contributed by atoms with Gasteiger partial charge in [-0.2, -0.15) is 0 Å². The average Bonchev–Trinajstić information content (AvgIpc) is 2.90. The highest BCUT2D eigenvalue weighted by molar-refractivity contribution is 14.1. The van der Waals surface area contributed by atoms with E-state index >= 15 is 0 Å². The fourth-order valence-corrected chi connectivity index (χ4v) is 4.55. The zero-order valence-electron chi connectivity index (χ0n) is 20.0. The van der Waals surface area contributed by atoms with Gasteiger partial charge >= 0.3 is 0 Å². The molecule has 0 aliphatic carbocycles. The summed E-state index contributed by atoms with van der Waals surface area (Å²) in [6, 6.07) is 37.0. The fourth-order valence-electron chi connectivity index (χ4n) is 3.05. The van der Waals surface area contributed by atoms with Gasteiger partial charge in [0.25, 0.3) is 0 Å². The smallest absolute Gasteiger partial charge is 0.0314 e. The van der Waals surface area contributed by atoms with Crippen molar-refractivity contribution in [2.45, 2.75) is 30.6 Å². The molecule has 0 unspecified atom stereocenters. The minimum absolute atomic E-state index is 0.824. The monoisotopic (exact) mass is 660 g/mol. The van der Waals surface area contributed by atoms with Crippen LogP contribution < -0.4 is 11.5 Å². The molecule has 4 aromatic rings. The molecule has 184 valence electrons. The van der Waals surface area contributed by atoms with Crippen LogP contribution in [0.5, 0.6) is 0 Å². The predicted molar refractivity (Wildman–Crippen MR) is 168 cm³/mol. The van der Waals surface area contributed by atoms with E-state index in [1.165, 1.54) is 38.9 Å². The number of nitrogens with two attached hydrogens (primary N) is 2. The molecule has 2 nitrogen and oxygen atoms in total. The van der Waals surface area contributed by atoms with Gasteiger partial charge in [0.15, 0.2) is 0 Å². The summed E-state index contributed by atoms with van der Waals surface area (Å²) in [6.45, 7) is 0. The van der Waals surface area contributed by atoms with E-state index in [1.807, 2.05) is 48.2 Å². The molecule has 4 aromatic carbocycles. The molecular formula is C30H34BrIN2S. The molecule has 4 N–H and O–H groups in total. The minimum Gasteiger partial charge on any atom is -0.399 e. The molecule has 0 aromatic heterocycles. The van der Waals surface area contributed by atoms with E-state index in [0.717, 1.165) is 28.9 Å². The number of rotatable bonds is 8. The molecule has 0 saturated heterocycles. The number of aryl methyl sites for hydroxylation is 2. The van der Waals surface area contributed by atoms with E-state index in [9.17, 15) is 0 Å². The summed E-state index contributed by atoms with van der Waals surface area (Å²) >= 11 is 7.54. The number of hydrogen-bond donors (Lipinski definition) is 2. The highest BCUT2D eigenvalue weighted by Crippen LogP contribution is 2.20. The van der Waals surface area contributed by atoms with Crippen molar-refractivity contribution in [2.75, 3.05) is 22.6 Å². The second-order valence-electron chi connectivity index (χ2n) is 7.84. The van der Waals surface area contributed by atoms with Crippen LogP contribution in [0, 0.1) is 3.57 Å². The van der Waals surface area contributed by atoms with Gasteiger partial charge in [0.2, 0.25) is 0 Å². The van der Waals surface area contributed by atoms with Crippen LogP contribution in [0.25, 0.3) is 0 Å². The topological polar surface area (TPSA) is 52.0 Å². The van der Waals surface area contributed by atoms with Gasteiger partial charge in [0, 0.05) is 25.2 Å². The van der Waals surface area contributed by atoms with Gasteiger partial charge in [-0.25, -0.2) is 0 Å². The number of nitrogen functional groups attached to an aromatic ring is 2. The van der Waals surface area contributed by atoms with Crippen molar-refractivity contribution in [3.63, 3.8) is 0 Å². The molecule has 0 heterocycles. The summed E-state index contributed by atoms with van der Waals surface area (Å²) in [5.41, 5.74) is 15.6. The van der Waals surface area contributed by atoms with Crippen molar-refractivity contribution in [1.82, 2.24) is 0 Å². The normalized spacial score (nSPS) is 9.89. The summed E-state index contributed by atoms with van der Waals surface area (Å²) in [7, 11) is 0. The van der Waals surface area contributed by atoms with Crippen LogP contribution in [0.3, 0.4) is 0 Å². The van der Waals surface area contributed by atoms with Crippen molar-refractivity contribution in [3.8, 4) is 0 Å². The molecule has 0 bridgehead atoms. The van der Waals surface area contributed by atoms with E-state index < -0.39 is 0 Å². The number of hydrogen-bond acceptors (Lipinski definition) is 3. The fraction of sp³-hybridized carbons (Fsp3) is 0.200. The first kappa shape index (κ1) is 29.3. The Labute approximate surface area is 237 Å². The van der Waals surface area contributed by atoms with Gasteiger partial charge in [-0.05, 0) is 114 Å². The van der Waals surface area contributed by atoms with Gasteiger partial charge < -0.3 is 11.5 Å². The van der Waals surface area contributed by atoms with Gasteiger partial charge in [-0.1, -0.05) is 76.6 Å². The lowest BCUT2D eigenvalue weighted by atomic mass is 10.1. The second kappa shape index (κ2) is 18.3. The van der Waals surface area contributed by atoms with E-state index in [2.05, 4.69) is 111 Å². The number of halogens is 2. The summed E-state index contributed by atoms with van der Waals surface area (Å²) in [6.07, 6.45) is 4.78. The van der Waals surface area contributed by atoms with Crippen LogP contribution in [0.1, 0.15) is 24.0 Å². The maximum absolute atomic E-state index is 5.65. The Hall–Kier alpha value is -1.96. The highest BCUT2D eigenvalue weighted by atomic mass is 127. The first-order valence-electron chi connectivity index (χ1n) is 11.7. The molecule has 0 atom stereocenters. The quantitative estimate of drug-likeness (QED) is 0.0653. The third-order valence-electron chi connectivity index (χ3n) is 4.91. The van der Waals surface area contributed by atoms with Gasteiger partial charge in [0.1, 0.15) is 0 Å². The van der Waals surface area contributed by atoms with Gasteiger partial charge in [-0.15, -0.1) is 11.8 Å². The highest BCUT2D eigenvalue weighted by Gasteiger charge is 1.95. The molecule has 0 radical (unpaired) electrons. The maximum atomic E-state index is 5.65. The minimum atomic E-state index is 0.824. The summed E-state index contributed by atoms with van der Waals surface area (Å²) in [5, 5.41) is 1.10. The Kier molecular flexibility index (Phi) is 15.3. The second-order valence-corrected chi connectivity index (χ2v) is 11.0. The zero-order valence-corrected chi connectivity index (χ0v) is 24.5. The van der Waals surface area contributed by atoms with E-state index in [1.54, 1.807) is 0 Å². The lowest BCUT2D eigenvalue weighted by Crippen LogP contribution is -1.87. The Morgan fingerprint density at radius 2 is 1.06 bits per heavy atom. The molecule has 0 aliphatic heterocycles. The lowest BCUT2D eigenvalue weighted by Gasteiger charge is -2.02. The largest absolute Gasteiger partial charge is 0.399 e. The van der Waals surface area contributed by atoms with Crippen molar-refractivity contribution >= 4 is 61.7 Å². The number of alkyl halides is 1. The summed E-state index contributed by atoms with van der Waals surface area (Å²) in [4.78, 5) is 1.30. The molecule has 0 aliphatic rings. The first-order valence-corrected chi connectivity index (χ1v) is 14.9. The molecule has 0 amide bonds. The number of thioether (sulfide) groups is 1. The van der Waals surface area contributed by atoms with Crippen LogP contribution in [-0.2, 0) is 12.8 Å². The van der Waals surface area contributed by atoms with Crippen LogP contribution in [0.4, 0.5) is 11.4 Å². The maximum Gasteiger partial charge on any atom is 0.0314 e. The van der Waals surface area contributed by atoms with Gasteiger partial charge in [0.05, 0.1) is 0 Å². The number of benzene rings is 4. The van der Waals surface area contributed by atoms with Crippen molar-refractivity contribution in [2.24, 2.45) is 0 Å². The third-order valence-corrected chi connectivity index (χ3v) is 7.29. The molecule has 0 saturated carbocycles. The van der Waals surface area contributed by atoms with E-state index in [4.69, 9.17) is 11.5 Å². The molecule has 35 heavy (non-hydrogen) atoms. The molecule has 4 rings (SSSR count). The Balaban J connectivity index is 0.000000204. The van der Waals surface area contributed by atoms with Crippen LogP contribution in [-0.4, -0.2) is 11.1 Å². The van der Waals surface area contributed by atoms with Crippen LogP contribution >= 0.6 is 50.3 Å². The average molecular weight is 661 g/mol. The van der Waals surface area contributed by atoms with Crippen LogP contribution in [0.2, 0.25) is 0 Å². The third kappa shape index (κ3) is 14.3. The van der Waals surface area contributed by atoms with Crippen molar-refractivity contribution in [3.05, 3.63) is 124 Å². The Morgan fingerprint density at radius 3 is 1.51 bits per heavy atom.